The van der Waals surface area contributed by atoms with Crippen molar-refractivity contribution in [1.82, 2.24) is 5.32 Å². The molecule has 1 aliphatic rings. The fourth-order valence-electron chi connectivity index (χ4n) is 2.95. The van der Waals surface area contributed by atoms with Gasteiger partial charge in [-0.1, -0.05) is 12.1 Å². The maximum atomic E-state index is 11.9. The van der Waals surface area contributed by atoms with Gasteiger partial charge in [0.1, 0.15) is 13.2 Å². The van der Waals surface area contributed by atoms with Gasteiger partial charge >= 0.3 is 5.97 Å². The van der Waals surface area contributed by atoms with Gasteiger partial charge in [0.15, 0.2) is 29.6 Å². The second-order valence-corrected chi connectivity index (χ2v) is 6.63. The van der Waals surface area contributed by atoms with Gasteiger partial charge in [-0.05, 0) is 47.9 Å². The first kappa shape index (κ1) is 22.0. The minimum atomic E-state index is -0.614. The van der Waals surface area contributed by atoms with Crippen LogP contribution in [0.3, 0.4) is 0 Å². The lowest BCUT2D eigenvalue weighted by molar-refractivity contribution is -0.143. The number of methoxy groups -OCH3 is 2. The highest BCUT2D eigenvalue weighted by Gasteiger charge is 2.12. The summed E-state index contributed by atoms with van der Waals surface area (Å²) in [7, 11) is 3.08. The number of esters is 1. The highest BCUT2D eigenvalue weighted by atomic mass is 16.6. The first-order chi connectivity index (χ1) is 15.1. The first-order valence-electron chi connectivity index (χ1n) is 9.81. The van der Waals surface area contributed by atoms with E-state index in [4.69, 9.17) is 23.7 Å². The zero-order valence-electron chi connectivity index (χ0n) is 17.5. The molecule has 0 aliphatic carbocycles. The third-order valence-electron chi connectivity index (χ3n) is 4.51. The van der Waals surface area contributed by atoms with Crippen LogP contribution in [0.1, 0.15) is 11.1 Å². The van der Waals surface area contributed by atoms with Crippen LogP contribution in [0.15, 0.2) is 42.5 Å². The predicted octanol–water partition coefficient (Wildman–Crippen LogP) is 2.39. The summed E-state index contributed by atoms with van der Waals surface area (Å²) in [6.07, 6.45) is 3.45. The molecule has 1 amide bonds. The Labute approximate surface area is 180 Å². The van der Waals surface area contributed by atoms with Crippen LogP contribution in [-0.4, -0.2) is 52.5 Å². The van der Waals surface area contributed by atoms with Gasteiger partial charge in [0.2, 0.25) is 0 Å². The Kier molecular flexibility index (Phi) is 7.75. The Balaban J connectivity index is 1.39. The molecule has 0 unspecified atom stereocenters. The molecule has 1 N–H and O–H groups in total. The van der Waals surface area contributed by atoms with Crippen LogP contribution in [0.5, 0.6) is 23.0 Å². The molecule has 3 rings (SSSR count). The summed E-state index contributed by atoms with van der Waals surface area (Å²) < 4.78 is 26.4. The van der Waals surface area contributed by atoms with Gasteiger partial charge in [-0.3, -0.25) is 4.79 Å². The molecule has 8 nitrogen and oxygen atoms in total. The summed E-state index contributed by atoms with van der Waals surface area (Å²) in [6.45, 7) is 1.14. The highest BCUT2D eigenvalue weighted by Crippen LogP contribution is 2.31. The molecule has 31 heavy (non-hydrogen) atoms. The predicted molar refractivity (Wildman–Crippen MR) is 114 cm³/mol. The largest absolute Gasteiger partial charge is 0.493 e. The molecule has 0 saturated heterocycles. The SMILES string of the molecule is COc1ccc(/C=C/C(=O)OCC(=O)NCCc2ccc3c(c2)OCCO3)cc1OC. The number of hydrogen-bond acceptors (Lipinski definition) is 7. The average Bonchev–Trinajstić information content (AvgIpc) is 2.81. The molecule has 1 aliphatic heterocycles. The van der Waals surface area contributed by atoms with Gasteiger partial charge in [-0.15, -0.1) is 0 Å². The van der Waals surface area contributed by atoms with Gasteiger partial charge in [-0.25, -0.2) is 4.79 Å². The van der Waals surface area contributed by atoms with Crippen molar-refractivity contribution in [2.24, 2.45) is 0 Å². The first-order valence-corrected chi connectivity index (χ1v) is 9.81. The molecule has 0 radical (unpaired) electrons. The number of fused-ring (bicyclic) bond motifs is 1. The summed E-state index contributed by atoms with van der Waals surface area (Å²) in [5.74, 6) is 1.60. The van der Waals surface area contributed by atoms with Crippen molar-refractivity contribution >= 4 is 18.0 Å². The van der Waals surface area contributed by atoms with Crippen LogP contribution >= 0.6 is 0 Å². The van der Waals surface area contributed by atoms with Gasteiger partial charge in [0, 0.05) is 12.6 Å². The van der Waals surface area contributed by atoms with Gasteiger partial charge in [0.05, 0.1) is 14.2 Å². The van der Waals surface area contributed by atoms with E-state index in [0.717, 1.165) is 16.9 Å². The standard InChI is InChI=1S/C23H25NO7/c1-27-18-6-3-16(13-20(18)28-2)5-8-23(26)31-15-22(25)24-10-9-17-4-7-19-21(14-17)30-12-11-29-19/h3-8,13-14H,9-12,15H2,1-2H3,(H,24,25)/b8-5+. The Morgan fingerprint density at radius 1 is 1.00 bits per heavy atom. The fraction of sp³-hybridized carbons (Fsp3) is 0.304. The molecule has 0 atom stereocenters. The van der Waals surface area contributed by atoms with Crippen molar-refractivity contribution < 1.29 is 33.3 Å². The summed E-state index contributed by atoms with van der Waals surface area (Å²) in [5, 5.41) is 2.73. The van der Waals surface area contributed by atoms with E-state index in [1.807, 2.05) is 18.2 Å². The van der Waals surface area contributed by atoms with Crippen LogP contribution in [0.25, 0.3) is 6.08 Å². The van der Waals surface area contributed by atoms with Crippen molar-refractivity contribution in [2.75, 3.05) is 40.6 Å². The van der Waals surface area contributed by atoms with E-state index in [2.05, 4.69) is 5.32 Å². The van der Waals surface area contributed by atoms with Crippen molar-refractivity contribution in [3.8, 4) is 23.0 Å². The number of nitrogens with one attached hydrogen (secondary N) is 1. The second kappa shape index (κ2) is 10.9. The molecular weight excluding hydrogens is 402 g/mol. The van der Waals surface area contributed by atoms with E-state index in [1.54, 1.807) is 31.4 Å². The zero-order chi connectivity index (χ0) is 22.1. The normalized spacial score (nSPS) is 12.3. The lowest BCUT2D eigenvalue weighted by Gasteiger charge is -2.18. The van der Waals surface area contributed by atoms with Crippen LogP contribution in [0.4, 0.5) is 0 Å². The second-order valence-electron chi connectivity index (χ2n) is 6.63. The maximum absolute atomic E-state index is 11.9. The quantitative estimate of drug-likeness (QED) is 0.485. The van der Waals surface area contributed by atoms with E-state index in [1.165, 1.54) is 13.2 Å². The minimum Gasteiger partial charge on any atom is -0.493 e. The Bertz CT molecular complexity index is 955. The molecule has 0 bridgehead atoms. The van der Waals surface area contributed by atoms with E-state index in [0.29, 0.717) is 43.4 Å². The van der Waals surface area contributed by atoms with Crippen molar-refractivity contribution in [3.05, 3.63) is 53.6 Å². The lowest BCUT2D eigenvalue weighted by atomic mass is 10.1. The van der Waals surface area contributed by atoms with Crippen molar-refractivity contribution in [1.29, 1.82) is 0 Å². The van der Waals surface area contributed by atoms with Crippen LogP contribution in [0, 0.1) is 0 Å². The van der Waals surface area contributed by atoms with Gasteiger partial charge in [0.25, 0.3) is 5.91 Å². The third kappa shape index (κ3) is 6.40. The van der Waals surface area contributed by atoms with E-state index >= 15 is 0 Å². The van der Waals surface area contributed by atoms with E-state index < -0.39 is 5.97 Å². The maximum Gasteiger partial charge on any atom is 0.331 e. The summed E-state index contributed by atoms with van der Waals surface area (Å²) in [6, 6.07) is 10.9. The molecule has 1 heterocycles. The van der Waals surface area contributed by atoms with Gasteiger partial charge in [-0.2, -0.15) is 0 Å². The molecular formula is C23H25NO7. The summed E-state index contributed by atoms with van der Waals surface area (Å²) in [5.41, 5.74) is 1.75. The van der Waals surface area contributed by atoms with E-state index in [-0.39, 0.29) is 12.5 Å². The number of amides is 1. The Hall–Kier alpha value is -3.68. The zero-order valence-corrected chi connectivity index (χ0v) is 17.5. The smallest absolute Gasteiger partial charge is 0.331 e. The highest BCUT2D eigenvalue weighted by molar-refractivity contribution is 5.89. The van der Waals surface area contributed by atoms with Gasteiger partial charge < -0.3 is 29.0 Å². The average molecular weight is 427 g/mol. The Morgan fingerprint density at radius 2 is 1.77 bits per heavy atom. The molecule has 0 spiro atoms. The number of hydrogen-bond donors (Lipinski definition) is 1. The molecule has 0 fully saturated rings. The number of ether oxygens (including phenoxy) is 5. The fourth-order valence-corrected chi connectivity index (χ4v) is 2.95. The molecule has 2 aromatic carbocycles. The topological polar surface area (TPSA) is 92.3 Å². The third-order valence-corrected chi connectivity index (χ3v) is 4.51. The number of carbonyl (C=O) groups excluding carboxylic acids is 2. The molecule has 8 heteroatoms. The molecule has 0 saturated carbocycles. The van der Waals surface area contributed by atoms with Crippen molar-refractivity contribution in [2.45, 2.75) is 6.42 Å². The van der Waals surface area contributed by atoms with Crippen LogP contribution in [0.2, 0.25) is 0 Å². The van der Waals surface area contributed by atoms with Crippen molar-refractivity contribution in [3.63, 3.8) is 0 Å². The van der Waals surface area contributed by atoms with Crippen LogP contribution < -0.4 is 24.3 Å². The minimum absolute atomic E-state index is 0.351. The Morgan fingerprint density at radius 3 is 2.55 bits per heavy atom. The number of rotatable bonds is 9. The number of carbonyl (C=O) groups is 2. The molecule has 164 valence electrons. The summed E-state index contributed by atoms with van der Waals surface area (Å²) >= 11 is 0. The summed E-state index contributed by atoms with van der Waals surface area (Å²) in [4.78, 5) is 23.8. The van der Waals surface area contributed by atoms with Crippen LogP contribution in [-0.2, 0) is 20.7 Å². The molecule has 2 aromatic rings. The monoisotopic (exact) mass is 427 g/mol. The van der Waals surface area contributed by atoms with E-state index in [9.17, 15) is 9.59 Å². The molecule has 0 aromatic heterocycles. The lowest BCUT2D eigenvalue weighted by Crippen LogP contribution is -2.30. The number of benzene rings is 2.